The lowest BCUT2D eigenvalue weighted by molar-refractivity contribution is 0.106. The summed E-state index contributed by atoms with van der Waals surface area (Å²) in [6.45, 7) is 5.63. The average Bonchev–Trinajstić information content (AvgIpc) is 2.51. The summed E-state index contributed by atoms with van der Waals surface area (Å²) in [5, 5.41) is 18.1. The van der Waals surface area contributed by atoms with Crippen LogP contribution in [0.15, 0.2) is 43.0 Å². The lowest BCUT2D eigenvalue weighted by Gasteiger charge is -2.13. The van der Waals surface area contributed by atoms with E-state index in [-0.39, 0.29) is 12.6 Å². The van der Waals surface area contributed by atoms with E-state index >= 15 is 0 Å². The molecule has 6 nitrogen and oxygen atoms in total. The summed E-state index contributed by atoms with van der Waals surface area (Å²) in [6, 6.07) is 9.11. The molecule has 21 heavy (non-hydrogen) atoms. The molecular formula is C15H23N3O3. The molecule has 0 fully saturated rings. The number of aliphatic hydroxyl groups is 1. The second-order valence-electron chi connectivity index (χ2n) is 4.41. The first-order chi connectivity index (χ1) is 10.2. The van der Waals surface area contributed by atoms with Gasteiger partial charge in [-0.25, -0.2) is 4.79 Å². The Hall–Kier alpha value is -2.05. The minimum atomic E-state index is -0.597. The van der Waals surface area contributed by atoms with Gasteiger partial charge in [0.25, 0.3) is 0 Å². The summed E-state index contributed by atoms with van der Waals surface area (Å²) in [4.78, 5) is 11.2. The van der Waals surface area contributed by atoms with Crippen LogP contribution in [0.25, 0.3) is 0 Å². The molecule has 0 bridgehead atoms. The van der Waals surface area contributed by atoms with Crippen molar-refractivity contribution in [2.75, 3.05) is 32.8 Å². The van der Waals surface area contributed by atoms with Gasteiger partial charge in [0, 0.05) is 26.2 Å². The molecule has 1 atom stereocenters. The topological polar surface area (TPSA) is 82.6 Å². The summed E-state index contributed by atoms with van der Waals surface area (Å²) < 4.78 is 5.43. The van der Waals surface area contributed by atoms with Gasteiger partial charge in [-0.05, 0) is 12.1 Å². The third-order valence-electron chi connectivity index (χ3n) is 2.56. The van der Waals surface area contributed by atoms with Crippen LogP contribution in [0.2, 0.25) is 0 Å². The number of rotatable bonds is 10. The summed E-state index contributed by atoms with van der Waals surface area (Å²) in [5.74, 6) is 0.733. The first-order valence-corrected chi connectivity index (χ1v) is 6.91. The van der Waals surface area contributed by atoms with Gasteiger partial charge in [0.2, 0.25) is 0 Å². The van der Waals surface area contributed by atoms with Crippen molar-refractivity contribution in [3.8, 4) is 5.75 Å². The zero-order valence-corrected chi connectivity index (χ0v) is 12.0. The van der Waals surface area contributed by atoms with Crippen molar-refractivity contribution in [3.05, 3.63) is 43.0 Å². The van der Waals surface area contributed by atoms with Gasteiger partial charge < -0.3 is 25.8 Å². The summed E-state index contributed by atoms with van der Waals surface area (Å²) >= 11 is 0. The lowest BCUT2D eigenvalue weighted by atomic mass is 10.3. The number of carbonyl (C=O) groups is 1. The van der Waals surface area contributed by atoms with Crippen LogP contribution in [0.1, 0.15) is 0 Å². The minimum absolute atomic E-state index is 0.226. The Bertz CT molecular complexity index is 412. The summed E-state index contributed by atoms with van der Waals surface area (Å²) in [6.07, 6.45) is 1.01. The number of benzene rings is 1. The maximum atomic E-state index is 11.2. The van der Waals surface area contributed by atoms with Gasteiger partial charge in [0.15, 0.2) is 0 Å². The number of ether oxygens (including phenoxy) is 1. The molecule has 0 aliphatic carbocycles. The Labute approximate surface area is 125 Å². The largest absolute Gasteiger partial charge is 0.491 e. The third kappa shape index (κ3) is 8.67. The van der Waals surface area contributed by atoms with Gasteiger partial charge in [-0.3, -0.25) is 0 Å². The fraction of sp³-hybridized carbons (Fsp3) is 0.400. The van der Waals surface area contributed by atoms with Gasteiger partial charge in [0.1, 0.15) is 18.5 Å². The van der Waals surface area contributed by atoms with Crippen LogP contribution in [0, 0.1) is 0 Å². The van der Waals surface area contributed by atoms with Crippen LogP contribution < -0.4 is 20.7 Å². The van der Waals surface area contributed by atoms with Crippen molar-refractivity contribution in [3.63, 3.8) is 0 Å². The van der Waals surface area contributed by atoms with Crippen LogP contribution in [-0.4, -0.2) is 50.0 Å². The molecule has 0 aliphatic rings. The summed E-state index contributed by atoms with van der Waals surface area (Å²) in [5.41, 5.74) is 0. The van der Waals surface area contributed by atoms with E-state index in [4.69, 9.17) is 4.74 Å². The normalized spacial score (nSPS) is 11.5. The Morgan fingerprint density at radius 3 is 2.76 bits per heavy atom. The zero-order valence-electron chi connectivity index (χ0n) is 12.0. The van der Waals surface area contributed by atoms with E-state index in [1.807, 2.05) is 30.3 Å². The maximum absolute atomic E-state index is 11.2. The number of urea groups is 1. The molecule has 4 N–H and O–H groups in total. The van der Waals surface area contributed by atoms with Crippen LogP contribution in [0.4, 0.5) is 4.79 Å². The quantitative estimate of drug-likeness (QED) is 0.374. The second kappa shape index (κ2) is 10.7. The second-order valence-corrected chi connectivity index (χ2v) is 4.41. The third-order valence-corrected chi connectivity index (χ3v) is 2.56. The Balaban J connectivity index is 1.99. The number of amides is 2. The first kappa shape index (κ1) is 17.0. The number of carbonyl (C=O) groups excluding carboxylic acids is 1. The molecule has 0 saturated carbocycles. The standard InChI is InChI=1S/C15H23N3O3/c1-2-8-17-15(20)18-10-9-16-11-13(19)12-21-14-6-4-3-5-7-14/h2-7,13,16,19H,1,8-12H2,(H2,17,18,20)/t13-/m0/s1. The molecule has 0 unspecified atom stereocenters. The average molecular weight is 293 g/mol. The highest BCUT2D eigenvalue weighted by Crippen LogP contribution is 2.08. The molecule has 1 aromatic carbocycles. The first-order valence-electron chi connectivity index (χ1n) is 6.91. The van der Waals surface area contributed by atoms with Crippen molar-refractivity contribution in [1.82, 2.24) is 16.0 Å². The van der Waals surface area contributed by atoms with Gasteiger partial charge >= 0.3 is 6.03 Å². The molecule has 0 heterocycles. The van der Waals surface area contributed by atoms with Crippen LogP contribution in [-0.2, 0) is 0 Å². The van der Waals surface area contributed by atoms with Crippen LogP contribution in [0.5, 0.6) is 5.75 Å². The van der Waals surface area contributed by atoms with E-state index in [1.54, 1.807) is 6.08 Å². The molecule has 1 rings (SSSR count). The smallest absolute Gasteiger partial charge is 0.315 e. The molecule has 0 aliphatic heterocycles. The molecule has 0 aromatic heterocycles. The molecule has 6 heteroatoms. The van der Waals surface area contributed by atoms with Crippen LogP contribution in [0.3, 0.4) is 0 Å². The Morgan fingerprint density at radius 2 is 2.05 bits per heavy atom. The van der Waals surface area contributed by atoms with Gasteiger partial charge in [-0.1, -0.05) is 24.3 Å². The van der Waals surface area contributed by atoms with Gasteiger partial charge in [-0.15, -0.1) is 6.58 Å². The van der Waals surface area contributed by atoms with Crippen molar-refractivity contribution in [2.24, 2.45) is 0 Å². The molecule has 0 radical (unpaired) electrons. The fourth-order valence-corrected chi connectivity index (χ4v) is 1.53. The Kier molecular flexibility index (Phi) is 8.67. The van der Waals surface area contributed by atoms with Crippen molar-refractivity contribution < 1.29 is 14.6 Å². The SMILES string of the molecule is C=CCNC(=O)NCCNC[C@H](O)COc1ccccc1. The van der Waals surface area contributed by atoms with Crippen molar-refractivity contribution in [2.45, 2.75) is 6.10 Å². The fourth-order valence-electron chi connectivity index (χ4n) is 1.53. The molecule has 1 aromatic rings. The van der Waals surface area contributed by atoms with E-state index < -0.39 is 6.10 Å². The molecular weight excluding hydrogens is 270 g/mol. The van der Waals surface area contributed by atoms with E-state index in [9.17, 15) is 9.90 Å². The Morgan fingerprint density at radius 1 is 1.29 bits per heavy atom. The van der Waals surface area contributed by atoms with E-state index in [2.05, 4.69) is 22.5 Å². The molecule has 0 spiro atoms. The van der Waals surface area contributed by atoms with E-state index in [0.717, 1.165) is 5.75 Å². The minimum Gasteiger partial charge on any atom is -0.491 e. The highest BCUT2D eigenvalue weighted by Gasteiger charge is 2.04. The highest BCUT2D eigenvalue weighted by molar-refractivity contribution is 5.73. The predicted octanol–water partition coefficient (Wildman–Crippen LogP) is 0.501. The molecule has 2 amide bonds. The highest BCUT2D eigenvalue weighted by atomic mass is 16.5. The number of para-hydroxylation sites is 1. The van der Waals surface area contributed by atoms with E-state index in [0.29, 0.717) is 26.2 Å². The van der Waals surface area contributed by atoms with Crippen molar-refractivity contribution in [1.29, 1.82) is 0 Å². The number of nitrogens with one attached hydrogen (secondary N) is 3. The number of aliphatic hydroxyl groups excluding tert-OH is 1. The maximum Gasteiger partial charge on any atom is 0.315 e. The molecule has 0 saturated heterocycles. The number of hydrogen-bond acceptors (Lipinski definition) is 4. The lowest BCUT2D eigenvalue weighted by Crippen LogP contribution is -2.41. The summed E-state index contributed by atoms with van der Waals surface area (Å²) in [7, 11) is 0. The van der Waals surface area contributed by atoms with Gasteiger partial charge in [0.05, 0.1) is 0 Å². The molecule has 116 valence electrons. The zero-order chi connectivity index (χ0) is 15.3. The van der Waals surface area contributed by atoms with Gasteiger partial charge in [-0.2, -0.15) is 0 Å². The monoisotopic (exact) mass is 293 g/mol. The van der Waals surface area contributed by atoms with E-state index in [1.165, 1.54) is 0 Å². The number of hydrogen-bond donors (Lipinski definition) is 4. The van der Waals surface area contributed by atoms with Crippen molar-refractivity contribution >= 4 is 6.03 Å². The van der Waals surface area contributed by atoms with Crippen LogP contribution >= 0.6 is 0 Å². The predicted molar refractivity (Wildman–Crippen MR) is 82.4 cm³/mol.